The van der Waals surface area contributed by atoms with Gasteiger partial charge in [0.05, 0.1) is 7.57 Å². The fourth-order valence-corrected chi connectivity index (χ4v) is 3.95. The minimum absolute atomic E-state index is 0.0255. The zero-order valence-corrected chi connectivity index (χ0v) is 13.2. The van der Waals surface area contributed by atoms with Gasteiger partial charge in [0.2, 0.25) is 0 Å². The average molecular weight is 370 g/mol. The van der Waals surface area contributed by atoms with Crippen molar-refractivity contribution < 1.29 is 9.53 Å². The molecule has 0 aliphatic heterocycles. The Morgan fingerprint density at radius 1 is 1.50 bits per heavy atom. The molecule has 0 unspecified atom stereocenters. The summed E-state index contributed by atoms with van der Waals surface area (Å²) in [6, 6.07) is 1.82. The molecule has 2 nitrogen and oxygen atoms in total. The lowest BCUT2D eigenvalue weighted by atomic mass is 10.1. The summed E-state index contributed by atoms with van der Waals surface area (Å²) in [7, 11) is 0. The van der Waals surface area contributed by atoms with Crippen molar-refractivity contribution in [1.29, 1.82) is 0 Å². The van der Waals surface area contributed by atoms with E-state index in [4.69, 9.17) is 4.74 Å². The van der Waals surface area contributed by atoms with Crippen molar-refractivity contribution in [3.05, 3.63) is 19.2 Å². The summed E-state index contributed by atoms with van der Waals surface area (Å²) >= 11 is 8.21. The molecule has 1 aromatic heterocycles. The maximum absolute atomic E-state index is 11.8. The lowest BCUT2D eigenvalue weighted by Gasteiger charge is -2.05. The van der Waals surface area contributed by atoms with Crippen LogP contribution in [0.25, 0.3) is 0 Å². The number of halogens is 2. The minimum atomic E-state index is 0.0255. The van der Waals surface area contributed by atoms with Crippen LogP contribution in [0.3, 0.4) is 0 Å². The number of thiophene rings is 1. The highest BCUT2D eigenvalue weighted by Crippen LogP contribution is 2.32. The van der Waals surface area contributed by atoms with Crippen LogP contribution in [0.15, 0.2) is 13.6 Å². The summed E-state index contributed by atoms with van der Waals surface area (Å²) in [5.74, 6) is 0.634. The molecule has 1 heterocycles. The normalized spacial score (nSPS) is 11.1. The van der Waals surface area contributed by atoms with E-state index in [2.05, 4.69) is 45.7 Å². The molecule has 0 aliphatic carbocycles. The quantitative estimate of drug-likeness (QED) is 0.544. The zero-order valence-electron chi connectivity index (χ0n) is 9.26. The maximum Gasteiger partial charge on any atom is 0.190 e. The van der Waals surface area contributed by atoms with Crippen LogP contribution in [0, 0.1) is 5.92 Å². The monoisotopic (exact) mass is 368 g/mol. The molecule has 0 bridgehead atoms. The molecule has 0 saturated carbocycles. The smallest absolute Gasteiger partial charge is 0.190 e. The van der Waals surface area contributed by atoms with Gasteiger partial charge in [-0.25, -0.2) is 0 Å². The second-order valence-corrected chi connectivity index (χ2v) is 7.65. The number of hydrogen-bond donors (Lipinski definition) is 0. The van der Waals surface area contributed by atoms with Crippen molar-refractivity contribution in [2.24, 2.45) is 5.92 Å². The molecule has 16 heavy (non-hydrogen) atoms. The van der Waals surface area contributed by atoms with Gasteiger partial charge in [-0.2, -0.15) is 0 Å². The van der Waals surface area contributed by atoms with E-state index in [0.29, 0.717) is 18.1 Å². The Labute approximate surface area is 117 Å². The fourth-order valence-electron chi connectivity index (χ4n) is 1.09. The molecule has 0 atom stereocenters. The van der Waals surface area contributed by atoms with Crippen molar-refractivity contribution in [2.45, 2.75) is 20.3 Å². The molecule has 1 rings (SSSR count). The van der Waals surface area contributed by atoms with Gasteiger partial charge < -0.3 is 4.74 Å². The van der Waals surface area contributed by atoms with E-state index in [0.717, 1.165) is 14.0 Å². The molecule has 0 radical (unpaired) electrons. The predicted octanol–water partition coefficient (Wildman–Crippen LogP) is 4.52. The topological polar surface area (TPSA) is 26.3 Å². The number of carbonyl (C=O) groups excluding carboxylic acids is 1. The number of carbonyl (C=O) groups is 1. The van der Waals surface area contributed by atoms with E-state index in [1.807, 2.05) is 6.07 Å². The van der Waals surface area contributed by atoms with Gasteiger partial charge in [-0.3, -0.25) is 4.79 Å². The van der Waals surface area contributed by atoms with Crippen molar-refractivity contribution in [1.82, 2.24) is 0 Å². The standard InChI is InChI=1S/C11H14Br2O2S/c1-7(2)3-4-15-6-9(14)8-5-10(12)16-11(8)13/h5,7H,3-4,6H2,1-2H3. The highest BCUT2D eigenvalue weighted by molar-refractivity contribution is 9.12. The van der Waals surface area contributed by atoms with Crippen LogP contribution >= 0.6 is 43.2 Å². The number of rotatable bonds is 6. The van der Waals surface area contributed by atoms with Crippen LogP contribution in [0.2, 0.25) is 0 Å². The van der Waals surface area contributed by atoms with E-state index in [-0.39, 0.29) is 12.4 Å². The van der Waals surface area contributed by atoms with E-state index >= 15 is 0 Å². The van der Waals surface area contributed by atoms with Crippen LogP contribution in [0.5, 0.6) is 0 Å². The second kappa shape index (κ2) is 6.89. The third-order valence-electron chi connectivity index (χ3n) is 2.03. The van der Waals surface area contributed by atoms with Gasteiger partial charge in [0.15, 0.2) is 5.78 Å². The van der Waals surface area contributed by atoms with Crippen LogP contribution in [0.1, 0.15) is 30.6 Å². The average Bonchev–Trinajstić information content (AvgIpc) is 2.52. The molecule has 0 aromatic carbocycles. The van der Waals surface area contributed by atoms with Crippen LogP contribution in [-0.4, -0.2) is 19.0 Å². The number of ether oxygens (including phenoxy) is 1. The van der Waals surface area contributed by atoms with Gasteiger partial charge in [0.1, 0.15) is 6.61 Å². The van der Waals surface area contributed by atoms with Crippen LogP contribution in [0.4, 0.5) is 0 Å². The Morgan fingerprint density at radius 2 is 2.19 bits per heavy atom. The Hall–Kier alpha value is 0.290. The first-order valence-electron chi connectivity index (χ1n) is 5.06. The molecule has 5 heteroatoms. The van der Waals surface area contributed by atoms with Gasteiger partial charge in [-0.05, 0) is 50.3 Å². The first-order valence-corrected chi connectivity index (χ1v) is 7.46. The van der Waals surface area contributed by atoms with Crippen molar-refractivity contribution in [2.75, 3.05) is 13.2 Å². The Kier molecular flexibility index (Phi) is 6.18. The van der Waals surface area contributed by atoms with Crippen molar-refractivity contribution in [3.63, 3.8) is 0 Å². The molecule has 0 fully saturated rings. The molecular formula is C11H14Br2O2S. The van der Waals surface area contributed by atoms with E-state index in [9.17, 15) is 4.79 Å². The molecular weight excluding hydrogens is 356 g/mol. The molecule has 0 amide bonds. The lowest BCUT2D eigenvalue weighted by Crippen LogP contribution is -2.10. The SMILES string of the molecule is CC(C)CCOCC(=O)c1cc(Br)sc1Br. The Morgan fingerprint density at radius 3 is 2.69 bits per heavy atom. The van der Waals surface area contributed by atoms with Crippen molar-refractivity contribution in [3.8, 4) is 0 Å². The van der Waals surface area contributed by atoms with Crippen LogP contribution < -0.4 is 0 Å². The lowest BCUT2D eigenvalue weighted by molar-refractivity contribution is 0.0739. The molecule has 0 N–H and O–H groups in total. The van der Waals surface area contributed by atoms with E-state index in [1.165, 1.54) is 11.3 Å². The molecule has 0 aliphatic rings. The first-order chi connectivity index (χ1) is 7.50. The van der Waals surface area contributed by atoms with E-state index < -0.39 is 0 Å². The fraction of sp³-hybridized carbons (Fsp3) is 0.545. The molecule has 0 spiro atoms. The molecule has 90 valence electrons. The highest BCUT2D eigenvalue weighted by Gasteiger charge is 2.13. The van der Waals surface area contributed by atoms with Crippen molar-refractivity contribution >= 4 is 49.0 Å². The summed E-state index contributed by atoms with van der Waals surface area (Å²) in [6.45, 7) is 5.08. The zero-order chi connectivity index (χ0) is 12.1. The van der Waals surface area contributed by atoms with Gasteiger partial charge >= 0.3 is 0 Å². The summed E-state index contributed by atoms with van der Waals surface area (Å²) in [5, 5.41) is 0. The van der Waals surface area contributed by atoms with Gasteiger partial charge in [0, 0.05) is 12.2 Å². The third-order valence-corrected chi connectivity index (χ3v) is 4.37. The predicted molar refractivity (Wildman–Crippen MR) is 74.3 cm³/mol. The summed E-state index contributed by atoms with van der Waals surface area (Å²) in [4.78, 5) is 11.8. The first kappa shape index (κ1) is 14.4. The van der Waals surface area contributed by atoms with Gasteiger partial charge in [0.25, 0.3) is 0 Å². The van der Waals surface area contributed by atoms with Gasteiger partial charge in [-0.15, -0.1) is 11.3 Å². The second-order valence-electron chi connectivity index (χ2n) is 3.90. The third kappa shape index (κ3) is 4.65. The molecule has 1 aromatic rings. The largest absolute Gasteiger partial charge is 0.373 e. The number of Topliss-reactive ketones (excluding diaryl/α,β-unsaturated/α-hetero) is 1. The van der Waals surface area contributed by atoms with E-state index in [1.54, 1.807) is 0 Å². The minimum Gasteiger partial charge on any atom is -0.373 e. The molecule has 0 saturated heterocycles. The maximum atomic E-state index is 11.8. The summed E-state index contributed by atoms with van der Waals surface area (Å²) < 4.78 is 7.15. The van der Waals surface area contributed by atoms with Crippen LogP contribution in [-0.2, 0) is 4.74 Å². The number of hydrogen-bond acceptors (Lipinski definition) is 3. The Bertz CT molecular complexity index is 361. The summed E-state index contributed by atoms with van der Waals surface area (Å²) in [5.41, 5.74) is 0.696. The Balaban J connectivity index is 2.38. The number of ketones is 1. The van der Waals surface area contributed by atoms with Gasteiger partial charge in [-0.1, -0.05) is 13.8 Å². The highest BCUT2D eigenvalue weighted by atomic mass is 79.9. The summed E-state index contributed by atoms with van der Waals surface area (Å²) in [6.07, 6.45) is 0.988.